The van der Waals surface area contributed by atoms with Crippen molar-refractivity contribution in [1.29, 1.82) is 0 Å². The number of rotatable bonds is 0. The second-order valence-corrected chi connectivity index (χ2v) is 5.83. The summed E-state index contributed by atoms with van der Waals surface area (Å²) in [4.78, 5) is 24.8. The van der Waals surface area contributed by atoms with Gasteiger partial charge in [0.1, 0.15) is 11.7 Å². The third-order valence-corrected chi connectivity index (χ3v) is 4.29. The fraction of sp³-hybridized carbons (Fsp3) is 0.714. The first-order valence-electron chi connectivity index (χ1n) is 6.94. The Morgan fingerprint density at radius 2 is 1.84 bits per heavy atom. The summed E-state index contributed by atoms with van der Waals surface area (Å²) in [6.45, 7) is 4.08. The predicted octanol–water partition coefficient (Wildman–Crippen LogP) is 2.07. The summed E-state index contributed by atoms with van der Waals surface area (Å²) in [6.07, 6.45) is 2.89. The Balaban J connectivity index is 1.93. The van der Waals surface area contributed by atoms with Gasteiger partial charge in [0.25, 0.3) is 0 Å². The quantitative estimate of drug-likeness (QED) is 0.627. The first-order chi connectivity index (χ1) is 9.08. The van der Waals surface area contributed by atoms with E-state index in [-0.39, 0.29) is 17.8 Å². The molecule has 0 N–H and O–H groups in total. The van der Waals surface area contributed by atoms with Gasteiger partial charge in [-0.05, 0) is 19.3 Å². The van der Waals surface area contributed by atoms with Gasteiger partial charge < -0.3 is 4.74 Å². The highest BCUT2D eigenvalue weighted by molar-refractivity contribution is 6.09. The number of carbonyl (C=O) groups is 1. The molecule has 1 saturated heterocycles. The Labute approximate surface area is 112 Å². The van der Waals surface area contributed by atoms with Crippen molar-refractivity contribution in [2.24, 2.45) is 38.6 Å². The van der Waals surface area contributed by atoms with Gasteiger partial charge >= 0.3 is 5.97 Å². The zero-order chi connectivity index (χ0) is 13.6. The number of carbonyl (C=O) groups excluding carboxylic acids is 1. The molecule has 0 aromatic heterocycles. The van der Waals surface area contributed by atoms with Crippen LogP contribution < -0.4 is 0 Å². The van der Waals surface area contributed by atoms with Crippen molar-refractivity contribution >= 4 is 23.5 Å². The van der Waals surface area contributed by atoms with E-state index in [1.54, 1.807) is 7.05 Å². The lowest BCUT2D eigenvalue weighted by Crippen LogP contribution is -2.41. The van der Waals surface area contributed by atoms with Crippen LogP contribution in [-0.4, -0.2) is 30.6 Å². The Bertz CT molecular complexity index is 507. The Morgan fingerprint density at radius 3 is 2.58 bits per heavy atom. The Hall–Kier alpha value is -1.52. The van der Waals surface area contributed by atoms with Crippen LogP contribution in [0.4, 0.5) is 0 Å². The van der Waals surface area contributed by atoms with Gasteiger partial charge in [-0.2, -0.15) is 0 Å². The minimum Gasteiger partial charge on any atom is -0.411 e. The van der Waals surface area contributed by atoms with Crippen LogP contribution in [0.2, 0.25) is 0 Å². The fourth-order valence-electron chi connectivity index (χ4n) is 3.22. The number of ether oxygens (including phenoxy) is 1. The highest BCUT2D eigenvalue weighted by Crippen LogP contribution is 2.37. The van der Waals surface area contributed by atoms with Gasteiger partial charge in [0.2, 0.25) is 5.90 Å². The molecule has 19 heavy (non-hydrogen) atoms. The average Bonchev–Trinajstić information content (AvgIpc) is 2.38. The summed E-state index contributed by atoms with van der Waals surface area (Å²) in [7, 11) is 1.76. The normalized spacial score (nSPS) is 39.9. The number of esters is 1. The molecule has 3 heterocycles. The van der Waals surface area contributed by atoms with Crippen molar-refractivity contribution in [3.63, 3.8) is 0 Å². The summed E-state index contributed by atoms with van der Waals surface area (Å²) >= 11 is 0. The molecule has 5 nitrogen and oxygen atoms in total. The van der Waals surface area contributed by atoms with Gasteiger partial charge in [-0.25, -0.2) is 9.98 Å². The van der Waals surface area contributed by atoms with Crippen LogP contribution in [0.3, 0.4) is 0 Å². The molecule has 5 heteroatoms. The highest BCUT2D eigenvalue weighted by atomic mass is 16.5. The third kappa shape index (κ3) is 2.11. The lowest BCUT2D eigenvalue weighted by Gasteiger charge is -2.36. The topological polar surface area (TPSA) is 63.4 Å². The Kier molecular flexibility index (Phi) is 2.99. The minimum atomic E-state index is -0.164. The van der Waals surface area contributed by atoms with Crippen LogP contribution in [0, 0.1) is 23.7 Å². The molecule has 3 aliphatic heterocycles. The van der Waals surface area contributed by atoms with Crippen molar-refractivity contribution in [2.75, 3.05) is 7.05 Å². The van der Waals surface area contributed by atoms with Crippen molar-refractivity contribution in [2.45, 2.75) is 33.1 Å². The molecular formula is C14H19N3O2. The van der Waals surface area contributed by atoms with Crippen LogP contribution in [0.1, 0.15) is 33.1 Å². The molecular weight excluding hydrogens is 242 g/mol. The molecule has 0 bridgehead atoms. The first kappa shape index (κ1) is 12.5. The van der Waals surface area contributed by atoms with Crippen LogP contribution in [-0.2, 0) is 9.53 Å². The number of hydrogen-bond acceptors (Lipinski definition) is 4. The second-order valence-electron chi connectivity index (χ2n) is 5.83. The van der Waals surface area contributed by atoms with Crippen molar-refractivity contribution < 1.29 is 9.53 Å². The molecule has 0 aromatic rings. The molecule has 0 amide bonds. The van der Waals surface area contributed by atoms with E-state index in [1.807, 2.05) is 6.92 Å². The summed E-state index contributed by atoms with van der Waals surface area (Å²) < 4.78 is 5.34. The summed E-state index contributed by atoms with van der Waals surface area (Å²) in [5.74, 6) is 3.10. The number of nitrogens with zero attached hydrogens (tertiary/aromatic N) is 3. The maximum absolute atomic E-state index is 11.6. The van der Waals surface area contributed by atoms with E-state index in [0.717, 1.165) is 30.9 Å². The predicted molar refractivity (Wildman–Crippen MR) is 73.5 cm³/mol. The van der Waals surface area contributed by atoms with E-state index in [9.17, 15) is 4.79 Å². The highest BCUT2D eigenvalue weighted by Gasteiger charge is 2.40. The van der Waals surface area contributed by atoms with E-state index in [2.05, 4.69) is 21.9 Å². The van der Waals surface area contributed by atoms with Gasteiger partial charge in [0.15, 0.2) is 0 Å². The molecule has 102 valence electrons. The maximum Gasteiger partial charge on any atom is 0.315 e. The zero-order valence-corrected chi connectivity index (χ0v) is 11.6. The lowest BCUT2D eigenvalue weighted by molar-refractivity contribution is -0.142. The smallest absolute Gasteiger partial charge is 0.315 e. The van der Waals surface area contributed by atoms with Crippen LogP contribution in [0.5, 0.6) is 0 Å². The molecule has 0 spiro atoms. The van der Waals surface area contributed by atoms with Crippen molar-refractivity contribution in [1.82, 2.24) is 0 Å². The fourth-order valence-corrected chi connectivity index (χ4v) is 3.22. The van der Waals surface area contributed by atoms with Crippen LogP contribution in [0.15, 0.2) is 15.0 Å². The number of hydrogen-bond donors (Lipinski definition) is 0. The average molecular weight is 261 g/mol. The molecule has 1 fully saturated rings. The van der Waals surface area contributed by atoms with Gasteiger partial charge in [0.05, 0.1) is 5.92 Å². The SMILES string of the molecule is C/N=C1/N=C2N=C3OC(=O)C(C)CC3CC2CC1C. The molecule has 0 aromatic carbocycles. The number of fused-ring (bicyclic) bond motifs is 2. The molecule has 0 saturated carbocycles. The van der Waals surface area contributed by atoms with Gasteiger partial charge in [-0.15, -0.1) is 0 Å². The summed E-state index contributed by atoms with van der Waals surface area (Å²) in [6, 6.07) is 0. The van der Waals surface area contributed by atoms with Crippen molar-refractivity contribution in [3.05, 3.63) is 0 Å². The van der Waals surface area contributed by atoms with Gasteiger partial charge in [0, 0.05) is 24.8 Å². The second kappa shape index (κ2) is 4.54. The molecule has 3 rings (SSSR count). The molecule has 0 aliphatic carbocycles. The molecule has 4 atom stereocenters. The van der Waals surface area contributed by atoms with E-state index in [4.69, 9.17) is 4.74 Å². The van der Waals surface area contributed by atoms with Gasteiger partial charge in [-0.1, -0.05) is 13.8 Å². The third-order valence-electron chi connectivity index (χ3n) is 4.29. The van der Waals surface area contributed by atoms with Crippen LogP contribution >= 0.6 is 0 Å². The van der Waals surface area contributed by atoms with Crippen LogP contribution in [0.25, 0.3) is 0 Å². The van der Waals surface area contributed by atoms with Crippen molar-refractivity contribution in [3.8, 4) is 0 Å². The minimum absolute atomic E-state index is 0.0174. The maximum atomic E-state index is 11.6. The number of aliphatic imine (C=N–C) groups is 3. The first-order valence-corrected chi connectivity index (χ1v) is 6.94. The molecule has 4 unspecified atom stereocenters. The van der Waals surface area contributed by atoms with E-state index in [0.29, 0.717) is 17.7 Å². The summed E-state index contributed by atoms with van der Waals surface area (Å²) in [5.41, 5.74) is 0. The monoisotopic (exact) mass is 261 g/mol. The number of amidine groups is 2. The van der Waals surface area contributed by atoms with E-state index in [1.165, 1.54) is 0 Å². The lowest BCUT2D eigenvalue weighted by atomic mass is 9.78. The largest absolute Gasteiger partial charge is 0.411 e. The van der Waals surface area contributed by atoms with E-state index < -0.39 is 0 Å². The Morgan fingerprint density at radius 1 is 1.11 bits per heavy atom. The molecule has 3 aliphatic rings. The standard InChI is InChI=1S/C14H19N3O2/c1-7-4-9-6-10-5-8(2)14(18)19-13(10)17-12(9)16-11(7)15-3/h7-10H,4-6H2,1-3H3/b15-11+. The molecule has 0 radical (unpaired) electrons. The van der Waals surface area contributed by atoms with Gasteiger partial charge in [-0.3, -0.25) is 9.79 Å². The summed E-state index contributed by atoms with van der Waals surface area (Å²) in [5, 5.41) is 0. The zero-order valence-electron chi connectivity index (χ0n) is 11.6. The van der Waals surface area contributed by atoms with E-state index >= 15 is 0 Å².